The third-order valence-corrected chi connectivity index (χ3v) is 5.66. The van der Waals surface area contributed by atoms with Gasteiger partial charge < -0.3 is 4.90 Å². The summed E-state index contributed by atoms with van der Waals surface area (Å²) in [6.45, 7) is 4.48. The Hall–Kier alpha value is -3.37. The van der Waals surface area contributed by atoms with Gasteiger partial charge in [0.05, 0.1) is 11.3 Å². The molecule has 0 atom stereocenters. The predicted molar refractivity (Wildman–Crippen MR) is 125 cm³/mol. The van der Waals surface area contributed by atoms with E-state index < -0.39 is 0 Å². The highest BCUT2D eigenvalue weighted by molar-refractivity contribution is 6.45. The summed E-state index contributed by atoms with van der Waals surface area (Å²) in [5.41, 5.74) is 5.15. The lowest BCUT2D eigenvalue weighted by molar-refractivity contribution is -0.120. The largest absolute Gasteiger partial charge is 0.365 e. The molecule has 0 unspecified atom stereocenters. The maximum Gasteiger partial charge on any atom is 0.282 e. The fourth-order valence-corrected chi connectivity index (χ4v) is 4.18. The molecule has 3 aromatic rings. The number of anilines is 1. The van der Waals surface area contributed by atoms with E-state index in [0.29, 0.717) is 28.5 Å². The van der Waals surface area contributed by atoms with Crippen LogP contribution in [-0.4, -0.2) is 23.8 Å². The number of amides is 2. The average molecular weight is 431 g/mol. The molecule has 0 aliphatic carbocycles. The van der Waals surface area contributed by atoms with Crippen LogP contribution in [0.3, 0.4) is 0 Å². The Morgan fingerprint density at radius 1 is 0.871 bits per heavy atom. The van der Waals surface area contributed by atoms with Crippen molar-refractivity contribution in [2.24, 2.45) is 0 Å². The van der Waals surface area contributed by atoms with Crippen molar-refractivity contribution in [3.63, 3.8) is 0 Å². The first-order valence-electron chi connectivity index (χ1n) is 10.1. The lowest BCUT2D eigenvalue weighted by Crippen LogP contribution is -2.34. The molecule has 0 N–H and O–H groups in total. The maximum absolute atomic E-state index is 13.6. The van der Waals surface area contributed by atoms with E-state index in [1.165, 1.54) is 4.90 Å². The van der Waals surface area contributed by atoms with Crippen LogP contribution in [-0.2, 0) is 16.1 Å². The number of halogens is 1. The Kier molecular flexibility index (Phi) is 5.66. The van der Waals surface area contributed by atoms with E-state index in [0.717, 1.165) is 22.3 Å². The van der Waals surface area contributed by atoms with Crippen LogP contribution < -0.4 is 4.90 Å². The second-order valence-corrected chi connectivity index (χ2v) is 8.25. The van der Waals surface area contributed by atoms with Crippen molar-refractivity contribution < 1.29 is 9.59 Å². The number of imide groups is 1. The van der Waals surface area contributed by atoms with Gasteiger partial charge in [0.2, 0.25) is 0 Å². The highest BCUT2D eigenvalue weighted by Crippen LogP contribution is 2.36. The third-order valence-electron chi connectivity index (χ3n) is 5.42. The van der Waals surface area contributed by atoms with Crippen LogP contribution in [0.4, 0.5) is 5.69 Å². The summed E-state index contributed by atoms with van der Waals surface area (Å²) in [7, 11) is 1.85. The number of carbonyl (C=O) groups excluding carboxylic acids is 2. The molecule has 1 aliphatic rings. The molecule has 0 bridgehead atoms. The van der Waals surface area contributed by atoms with Crippen molar-refractivity contribution in [3.8, 4) is 0 Å². The van der Waals surface area contributed by atoms with Crippen LogP contribution in [0, 0.1) is 13.8 Å². The Bertz CT molecular complexity index is 1200. The van der Waals surface area contributed by atoms with Crippen LogP contribution in [0.2, 0.25) is 5.02 Å². The fourth-order valence-electron chi connectivity index (χ4n) is 4.00. The molecular weight excluding hydrogens is 408 g/mol. The zero-order valence-corrected chi connectivity index (χ0v) is 18.5. The van der Waals surface area contributed by atoms with Crippen LogP contribution in [0.25, 0.3) is 5.57 Å². The Morgan fingerprint density at radius 2 is 1.61 bits per heavy atom. The van der Waals surface area contributed by atoms with Crippen molar-refractivity contribution >= 4 is 34.7 Å². The van der Waals surface area contributed by atoms with E-state index in [-0.39, 0.29) is 11.8 Å². The summed E-state index contributed by atoms with van der Waals surface area (Å²) in [4.78, 5) is 30.3. The first-order valence-corrected chi connectivity index (χ1v) is 10.5. The highest BCUT2D eigenvalue weighted by Gasteiger charge is 2.42. The molecule has 0 fully saturated rings. The summed E-state index contributed by atoms with van der Waals surface area (Å²) < 4.78 is 0. The molecule has 0 saturated carbocycles. The number of rotatable bonds is 5. The van der Waals surface area contributed by atoms with E-state index in [1.54, 1.807) is 24.3 Å². The zero-order chi connectivity index (χ0) is 22.1. The molecule has 3 aromatic carbocycles. The number of hydrogen-bond donors (Lipinski definition) is 0. The monoisotopic (exact) mass is 430 g/mol. The molecule has 4 nitrogen and oxygen atoms in total. The zero-order valence-electron chi connectivity index (χ0n) is 17.7. The van der Waals surface area contributed by atoms with Gasteiger partial charge in [-0.1, -0.05) is 71.8 Å². The fraction of sp³-hybridized carbons (Fsp3) is 0.154. The van der Waals surface area contributed by atoms with Gasteiger partial charge in [0, 0.05) is 18.6 Å². The number of carbonyl (C=O) groups is 2. The molecule has 1 aliphatic heterocycles. The second kappa shape index (κ2) is 8.40. The van der Waals surface area contributed by atoms with Crippen molar-refractivity contribution in [2.75, 3.05) is 11.9 Å². The van der Waals surface area contributed by atoms with Gasteiger partial charge in [0.15, 0.2) is 0 Å². The van der Waals surface area contributed by atoms with E-state index in [2.05, 4.69) is 0 Å². The van der Waals surface area contributed by atoms with Crippen LogP contribution in [0.1, 0.15) is 22.3 Å². The Labute approximate surface area is 187 Å². The maximum atomic E-state index is 13.6. The van der Waals surface area contributed by atoms with E-state index >= 15 is 0 Å². The lowest BCUT2D eigenvalue weighted by atomic mass is 9.97. The minimum atomic E-state index is -0.347. The molecule has 0 saturated heterocycles. The van der Waals surface area contributed by atoms with Crippen molar-refractivity contribution in [1.82, 2.24) is 4.90 Å². The summed E-state index contributed by atoms with van der Waals surface area (Å²) in [6, 6.07) is 22.6. The number of hydrogen-bond acceptors (Lipinski definition) is 3. The summed E-state index contributed by atoms with van der Waals surface area (Å²) in [5, 5.41) is 0.470. The molecule has 1 heterocycles. The molecule has 0 aromatic heterocycles. The summed E-state index contributed by atoms with van der Waals surface area (Å²) >= 11 is 6.15. The van der Waals surface area contributed by atoms with Gasteiger partial charge in [0.25, 0.3) is 11.8 Å². The highest BCUT2D eigenvalue weighted by atomic mass is 35.5. The number of benzene rings is 3. The van der Waals surface area contributed by atoms with E-state index in [1.807, 2.05) is 74.3 Å². The Balaban J connectivity index is 1.84. The topological polar surface area (TPSA) is 40.6 Å². The second-order valence-electron chi connectivity index (χ2n) is 7.81. The first kappa shape index (κ1) is 20.9. The minimum Gasteiger partial charge on any atom is -0.365 e. The van der Waals surface area contributed by atoms with E-state index in [9.17, 15) is 9.59 Å². The van der Waals surface area contributed by atoms with Gasteiger partial charge >= 0.3 is 0 Å². The number of aryl methyl sites for hydroxylation is 2. The van der Waals surface area contributed by atoms with Gasteiger partial charge in [-0.3, -0.25) is 9.59 Å². The molecule has 5 heteroatoms. The van der Waals surface area contributed by atoms with Gasteiger partial charge in [-0.2, -0.15) is 0 Å². The number of nitrogens with zero attached hydrogens (tertiary/aromatic N) is 2. The summed E-state index contributed by atoms with van der Waals surface area (Å²) in [5.74, 6) is -0.685. The number of likely N-dealkylation sites (N-methyl/N-ethyl adjacent to an activating group) is 1. The molecule has 31 heavy (non-hydrogen) atoms. The smallest absolute Gasteiger partial charge is 0.282 e. The van der Waals surface area contributed by atoms with Gasteiger partial charge in [-0.15, -0.1) is 0 Å². The first-order chi connectivity index (χ1) is 14.9. The lowest BCUT2D eigenvalue weighted by Gasteiger charge is -2.22. The van der Waals surface area contributed by atoms with Gasteiger partial charge in [0.1, 0.15) is 5.70 Å². The predicted octanol–water partition coefficient (Wildman–Crippen LogP) is 5.37. The van der Waals surface area contributed by atoms with Crippen molar-refractivity contribution in [2.45, 2.75) is 20.4 Å². The molecule has 2 amide bonds. The summed E-state index contributed by atoms with van der Waals surface area (Å²) in [6.07, 6.45) is 0. The van der Waals surface area contributed by atoms with Crippen molar-refractivity contribution in [3.05, 3.63) is 106 Å². The van der Waals surface area contributed by atoms with Crippen LogP contribution in [0.5, 0.6) is 0 Å². The molecule has 0 spiro atoms. The molecule has 4 rings (SSSR count). The normalized spacial score (nSPS) is 13.9. The Morgan fingerprint density at radius 3 is 2.29 bits per heavy atom. The molecular formula is C26H23ClN2O2. The third kappa shape index (κ3) is 3.99. The van der Waals surface area contributed by atoms with Crippen LogP contribution >= 0.6 is 11.6 Å². The van der Waals surface area contributed by atoms with E-state index in [4.69, 9.17) is 11.6 Å². The SMILES string of the molecule is Cc1ccc(C2=C(N(C)Cc3ccccc3)C(=O)N(c3cccc(Cl)c3)C2=O)c(C)c1. The van der Waals surface area contributed by atoms with Gasteiger partial charge in [-0.05, 0) is 48.7 Å². The van der Waals surface area contributed by atoms with Crippen LogP contribution in [0.15, 0.2) is 78.5 Å². The molecule has 156 valence electrons. The van der Waals surface area contributed by atoms with Gasteiger partial charge in [-0.25, -0.2) is 4.90 Å². The quantitative estimate of drug-likeness (QED) is 0.511. The minimum absolute atomic E-state index is 0.339. The average Bonchev–Trinajstić information content (AvgIpc) is 2.99. The molecule has 0 radical (unpaired) electrons. The standard InChI is InChI=1S/C26H23ClN2O2/c1-17-12-13-22(18(2)14-17)23-24(28(3)16-19-8-5-4-6-9-19)26(31)29(25(23)30)21-11-7-10-20(27)15-21/h4-15H,16H2,1-3H3. The van der Waals surface area contributed by atoms with Crippen molar-refractivity contribution in [1.29, 1.82) is 0 Å².